The summed E-state index contributed by atoms with van der Waals surface area (Å²) >= 11 is 0. The molecule has 2 aromatic carbocycles. The highest BCUT2D eigenvalue weighted by Crippen LogP contribution is 2.17. The summed E-state index contributed by atoms with van der Waals surface area (Å²) in [5.41, 5.74) is 3.94. The van der Waals surface area contributed by atoms with Gasteiger partial charge in [-0.25, -0.2) is 0 Å². The van der Waals surface area contributed by atoms with E-state index in [9.17, 15) is 9.59 Å². The third kappa shape index (κ3) is 7.04. The number of amides is 2. The molecule has 0 unspecified atom stereocenters. The molecule has 0 aliphatic carbocycles. The Morgan fingerprint density at radius 3 is 2.17 bits per heavy atom. The predicted molar refractivity (Wildman–Crippen MR) is 119 cm³/mol. The second-order valence-electron chi connectivity index (χ2n) is 8.84. The first-order valence-corrected chi connectivity index (χ1v) is 10.3. The normalized spacial score (nSPS) is 12.3. The summed E-state index contributed by atoms with van der Waals surface area (Å²) in [6, 6.07) is 15.6. The van der Waals surface area contributed by atoms with Crippen LogP contribution in [0, 0.1) is 13.8 Å². The largest absolute Gasteiger partial charge is 0.350 e. The predicted octanol–water partition coefficient (Wildman–Crippen LogP) is 4.57. The molecule has 0 bridgehead atoms. The molecule has 1 atom stereocenters. The van der Waals surface area contributed by atoms with Gasteiger partial charge in [-0.15, -0.1) is 0 Å². The van der Waals surface area contributed by atoms with Crippen molar-refractivity contribution in [2.45, 2.75) is 72.5 Å². The third-order valence-electron chi connectivity index (χ3n) is 4.80. The van der Waals surface area contributed by atoms with Crippen molar-refractivity contribution in [3.63, 3.8) is 0 Å². The van der Waals surface area contributed by atoms with Crippen LogP contribution in [0.2, 0.25) is 0 Å². The van der Waals surface area contributed by atoms with Crippen molar-refractivity contribution in [3.05, 3.63) is 70.8 Å². The van der Waals surface area contributed by atoms with E-state index >= 15 is 0 Å². The minimum absolute atomic E-state index is 0.0359. The zero-order valence-electron chi connectivity index (χ0n) is 18.6. The molecular formula is C25H34N2O2. The lowest BCUT2D eigenvalue weighted by Gasteiger charge is -2.33. The Morgan fingerprint density at radius 1 is 0.966 bits per heavy atom. The molecule has 0 radical (unpaired) electrons. The minimum Gasteiger partial charge on any atom is -0.350 e. The molecule has 0 heterocycles. The van der Waals surface area contributed by atoms with E-state index in [0.717, 1.165) is 22.3 Å². The van der Waals surface area contributed by atoms with Crippen LogP contribution in [0.4, 0.5) is 0 Å². The van der Waals surface area contributed by atoms with Gasteiger partial charge in [0.15, 0.2) is 0 Å². The molecule has 4 heteroatoms. The maximum atomic E-state index is 13.3. The molecule has 0 fully saturated rings. The molecule has 156 valence electrons. The van der Waals surface area contributed by atoms with Crippen LogP contribution < -0.4 is 5.32 Å². The Morgan fingerprint density at radius 2 is 1.62 bits per heavy atom. The number of benzene rings is 2. The molecule has 0 aromatic heterocycles. The molecule has 0 spiro atoms. The highest BCUT2D eigenvalue weighted by molar-refractivity contribution is 5.88. The molecule has 1 N–H and O–H groups in total. The molecule has 4 nitrogen and oxygen atoms in total. The van der Waals surface area contributed by atoms with Crippen molar-refractivity contribution >= 4 is 11.8 Å². The van der Waals surface area contributed by atoms with Gasteiger partial charge in [0, 0.05) is 12.1 Å². The molecule has 0 saturated carbocycles. The fourth-order valence-electron chi connectivity index (χ4n) is 3.36. The summed E-state index contributed by atoms with van der Waals surface area (Å²) in [7, 11) is 0. The fourth-order valence-corrected chi connectivity index (χ4v) is 3.36. The van der Waals surface area contributed by atoms with Crippen molar-refractivity contribution in [1.29, 1.82) is 0 Å². The summed E-state index contributed by atoms with van der Waals surface area (Å²) in [6.45, 7) is 12.3. The van der Waals surface area contributed by atoms with Crippen LogP contribution in [0.15, 0.2) is 48.5 Å². The first kappa shape index (κ1) is 22.7. The first-order chi connectivity index (χ1) is 13.6. The van der Waals surface area contributed by atoms with Crippen LogP contribution >= 0.6 is 0 Å². The van der Waals surface area contributed by atoms with Gasteiger partial charge in [0.1, 0.15) is 6.04 Å². The summed E-state index contributed by atoms with van der Waals surface area (Å²) in [5.74, 6) is -0.142. The van der Waals surface area contributed by atoms with Crippen molar-refractivity contribution in [2.75, 3.05) is 0 Å². The Bertz CT molecular complexity index is 835. The molecule has 0 aliphatic rings. The van der Waals surface area contributed by atoms with Gasteiger partial charge in [0.05, 0.1) is 6.42 Å². The molecule has 29 heavy (non-hydrogen) atoms. The molecule has 2 amide bonds. The van der Waals surface area contributed by atoms with E-state index in [1.165, 1.54) is 0 Å². The standard InChI is InChI=1S/C25H34N2O2/c1-7-22(24(29)26-25(4,5)6)27(17-21-10-8-9-19(3)15-21)23(28)16-20-13-11-18(2)12-14-20/h8-15,22H,7,16-17H2,1-6H3,(H,26,29)/t22-/m1/s1. The Labute approximate surface area is 175 Å². The number of hydrogen-bond donors (Lipinski definition) is 1. The highest BCUT2D eigenvalue weighted by atomic mass is 16.2. The maximum absolute atomic E-state index is 13.3. The van der Waals surface area contributed by atoms with Crippen LogP contribution in [0.1, 0.15) is 56.4 Å². The van der Waals surface area contributed by atoms with E-state index in [2.05, 4.69) is 11.4 Å². The monoisotopic (exact) mass is 394 g/mol. The molecule has 2 aromatic rings. The van der Waals surface area contributed by atoms with Crippen molar-refractivity contribution in [3.8, 4) is 0 Å². The maximum Gasteiger partial charge on any atom is 0.243 e. The SMILES string of the molecule is CC[C@H](C(=O)NC(C)(C)C)N(Cc1cccc(C)c1)C(=O)Cc1ccc(C)cc1. The zero-order chi connectivity index (χ0) is 21.6. The average molecular weight is 395 g/mol. The summed E-state index contributed by atoms with van der Waals surface area (Å²) < 4.78 is 0. The van der Waals surface area contributed by atoms with Crippen LogP contribution in [0.25, 0.3) is 0 Å². The van der Waals surface area contributed by atoms with Crippen LogP contribution in [0.3, 0.4) is 0 Å². The van der Waals surface area contributed by atoms with Gasteiger partial charge >= 0.3 is 0 Å². The van der Waals surface area contributed by atoms with Crippen LogP contribution in [-0.4, -0.2) is 28.3 Å². The van der Waals surface area contributed by atoms with Crippen molar-refractivity contribution in [2.24, 2.45) is 0 Å². The molecule has 0 saturated heterocycles. The van der Waals surface area contributed by atoms with Gasteiger partial charge < -0.3 is 10.2 Å². The summed E-state index contributed by atoms with van der Waals surface area (Å²) in [6.07, 6.45) is 0.846. The van der Waals surface area contributed by atoms with E-state index in [4.69, 9.17) is 0 Å². The Balaban J connectivity index is 2.30. The fraction of sp³-hybridized carbons (Fsp3) is 0.440. The molecular weight excluding hydrogens is 360 g/mol. The van der Waals surface area contributed by atoms with Gasteiger partial charge in [-0.3, -0.25) is 9.59 Å². The topological polar surface area (TPSA) is 49.4 Å². The Kier molecular flexibility index (Phi) is 7.60. The number of hydrogen-bond acceptors (Lipinski definition) is 2. The summed E-state index contributed by atoms with van der Waals surface area (Å²) in [4.78, 5) is 28.0. The van der Waals surface area contributed by atoms with E-state index < -0.39 is 6.04 Å². The number of carbonyl (C=O) groups is 2. The number of carbonyl (C=O) groups excluding carboxylic acids is 2. The van der Waals surface area contributed by atoms with Gasteiger partial charge in [0.25, 0.3) is 0 Å². The lowest BCUT2D eigenvalue weighted by Crippen LogP contribution is -2.53. The lowest BCUT2D eigenvalue weighted by atomic mass is 10.0. The van der Waals surface area contributed by atoms with Crippen molar-refractivity contribution < 1.29 is 9.59 Å². The third-order valence-corrected chi connectivity index (χ3v) is 4.80. The van der Waals surface area contributed by atoms with Gasteiger partial charge in [-0.2, -0.15) is 0 Å². The Hall–Kier alpha value is -2.62. The smallest absolute Gasteiger partial charge is 0.243 e. The molecule has 2 rings (SSSR count). The van der Waals surface area contributed by atoms with Gasteiger partial charge in [-0.05, 0) is 52.2 Å². The highest BCUT2D eigenvalue weighted by Gasteiger charge is 2.30. The van der Waals surface area contributed by atoms with Gasteiger partial charge in [0.2, 0.25) is 11.8 Å². The lowest BCUT2D eigenvalue weighted by molar-refractivity contribution is -0.141. The van der Waals surface area contributed by atoms with E-state index in [0.29, 0.717) is 13.0 Å². The second kappa shape index (κ2) is 9.73. The van der Waals surface area contributed by atoms with E-state index in [1.807, 2.05) is 84.0 Å². The average Bonchev–Trinajstić information content (AvgIpc) is 2.62. The molecule has 0 aliphatic heterocycles. The van der Waals surface area contributed by atoms with E-state index in [-0.39, 0.29) is 23.8 Å². The zero-order valence-corrected chi connectivity index (χ0v) is 18.6. The van der Waals surface area contributed by atoms with Crippen LogP contribution in [-0.2, 0) is 22.6 Å². The van der Waals surface area contributed by atoms with E-state index in [1.54, 1.807) is 4.90 Å². The van der Waals surface area contributed by atoms with Crippen molar-refractivity contribution in [1.82, 2.24) is 10.2 Å². The number of nitrogens with one attached hydrogen (secondary N) is 1. The first-order valence-electron chi connectivity index (χ1n) is 10.3. The quantitative estimate of drug-likeness (QED) is 0.748. The van der Waals surface area contributed by atoms with Crippen LogP contribution in [0.5, 0.6) is 0 Å². The summed E-state index contributed by atoms with van der Waals surface area (Å²) in [5, 5.41) is 3.04. The second-order valence-corrected chi connectivity index (χ2v) is 8.84. The minimum atomic E-state index is -0.507. The number of rotatable bonds is 7. The van der Waals surface area contributed by atoms with Gasteiger partial charge in [-0.1, -0.05) is 66.6 Å². The number of aryl methyl sites for hydroxylation is 2. The number of nitrogens with zero attached hydrogens (tertiary/aromatic N) is 1.